The number of fused-ring (bicyclic) bond motifs is 5. The number of carbonyl (C=O) groups is 2. The summed E-state index contributed by atoms with van der Waals surface area (Å²) in [4.78, 5) is 32.8. The number of ketones is 1. The molecule has 7 rings (SSSR count). The first-order valence-corrected chi connectivity index (χ1v) is 13.2. The van der Waals surface area contributed by atoms with E-state index in [1.54, 1.807) is 53.6 Å². The van der Waals surface area contributed by atoms with Crippen LogP contribution in [0, 0.1) is 6.92 Å². The van der Waals surface area contributed by atoms with Crippen molar-refractivity contribution >= 4 is 17.4 Å². The van der Waals surface area contributed by atoms with Crippen LogP contribution in [0.25, 0.3) is 11.3 Å². The molecule has 0 unspecified atom stereocenters. The minimum Gasteiger partial charge on any atom is -0.488 e. The average Bonchev–Trinajstić information content (AvgIpc) is 3.29. The minimum absolute atomic E-state index is 0.0476. The van der Waals surface area contributed by atoms with E-state index in [1.165, 1.54) is 0 Å². The predicted molar refractivity (Wildman–Crippen MR) is 147 cm³/mol. The van der Waals surface area contributed by atoms with Crippen molar-refractivity contribution in [3.63, 3.8) is 0 Å². The molecule has 0 spiro atoms. The van der Waals surface area contributed by atoms with Crippen molar-refractivity contribution in [2.24, 2.45) is 0 Å². The number of aromatic nitrogens is 1. The van der Waals surface area contributed by atoms with E-state index in [4.69, 9.17) is 19.2 Å². The molecule has 200 valence electrons. The van der Waals surface area contributed by atoms with E-state index in [0.29, 0.717) is 40.4 Å². The number of ether oxygens (including phenoxy) is 3. The fourth-order valence-electron chi connectivity index (χ4n) is 5.82. The Labute approximate surface area is 230 Å². The molecule has 4 aromatic rings. The lowest BCUT2D eigenvalue weighted by Crippen LogP contribution is -2.45. The number of carbonyl (C=O) groups excluding carboxylic acids is 2. The van der Waals surface area contributed by atoms with Crippen molar-refractivity contribution in [2.45, 2.75) is 32.2 Å². The number of aryl methyl sites for hydroxylation is 1. The van der Waals surface area contributed by atoms with Gasteiger partial charge in [-0.2, -0.15) is 0 Å². The van der Waals surface area contributed by atoms with Gasteiger partial charge in [0.15, 0.2) is 18.3 Å². The molecule has 3 aromatic carbocycles. The van der Waals surface area contributed by atoms with E-state index in [1.807, 2.05) is 38.1 Å². The maximum Gasteiger partial charge on any atom is 0.265 e. The average molecular weight is 535 g/mol. The summed E-state index contributed by atoms with van der Waals surface area (Å²) in [5.74, 6) is 1.10. The molecule has 0 saturated carbocycles. The van der Waals surface area contributed by atoms with Crippen molar-refractivity contribution in [1.82, 2.24) is 4.98 Å². The zero-order valence-corrected chi connectivity index (χ0v) is 22.0. The quantitative estimate of drug-likeness (QED) is 0.383. The van der Waals surface area contributed by atoms with Crippen LogP contribution in [0.2, 0.25) is 0 Å². The van der Waals surface area contributed by atoms with Gasteiger partial charge in [0.25, 0.3) is 5.91 Å². The van der Waals surface area contributed by atoms with Crippen LogP contribution in [0.15, 0.2) is 72.9 Å². The SMILES string of the molecule is CCN1C(=O)COc2ccc(C(=O)[C@H]3Oc4ccccc4[C@]3(O)c3cnc4c(c3)COc3ccc(C)cc3-4)cc21. The van der Waals surface area contributed by atoms with Gasteiger partial charge in [-0.3, -0.25) is 14.6 Å². The van der Waals surface area contributed by atoms with E-state index in [0.717, 1.165) is 28.1 Å². The fourth-order valence-corrected chi connectivity index (χ4v) is 5.82. The smallest absolute Gasteiger partial charge is 0.265 e. The number of nitrogens with zero attached hydrogens (tertiary/aromatic N) is 2. The van der Waals surface area contributed by atoms with Crippen LogP contribution in [0.3, 0.4) is 0 Å². The van der Waals surface area contributed by atoms with Gasteiger partial charge in [0.05, 0.1) is 11.4 Å². The normalized spacial score (nSPS) is 20.3. The topological polar surface area (TPSA) is 98.2 Å². The Morgan fingerprint density at radius 2 is 1.82 bits per heavy atom. The molecule has 3 aliphatic heterocycles. The Kier molecular flexibility index (Phi) is 5.43. The number of benzene rings is 3. The lowest BCUT2D eigenvalue weighted by molar-refractivity contribution is -0.121. The minimum atomic E-state index is -1.81. The summed E-state index contributed by atoms with van der Waals surface area (Å²) in [7, 11) is 0. The van der Waals surface area contributed by atoms with Crippen LogP contribution in [0.5, 0.6) is 17.2 Å². The summed E-state index contributed by atoms with van der Waals surface area (Å²) in [6.45, 7) is 4.55. The third kappa shape index (κ3) is 3.53. The predicted octanol–water partition coefficient (Wildman–Crippen LogP) is 4.57. The Morgan fingerprint density at radius 1 is 1.02 bits per heavy atom. The maximum absolute atomic E-state index is 14.1. The van der Waals surface area contributed by atoms with Crippen molar-refractivity contribution in [1.29, 1.82) is 0 Å². The number of likely N-dealkylation sites (N-methyl/N-ethyl adjacent to an activating group) is 1. The third-order valence-corrected chi connectivity index (χ3v) is 7.84. The van der Waals surface area contributed by atoms with Gasteiger partial charge in [-0.05, 0) is 56.3 Å². The molecule has 0 fully saturated rings. The number of amides is 1. The molecule has 0 radical (unpaired) electrons. The van der Waals surface area contributed by atoms with Gasteiger partial charge >= 0.3 is 0 Å². The van der Waals surface area contributed by atoms with Gasteiger partial charge in [0.2, 0.25) is 5.78 Å². The molecule has 1 aromatic heterocycles. The molecular weight excluding hydrogens is 508 g/mol. The van der Waals surface area contributed by atoms with Crippen LogP contribution >= 0.6 is 0 Å². The monoisotopic (exact) mass is 534 g/mol. The standard InChI is InChI=1S/C32H26N2O6/c1-3-34-24-14-19(9-11-27(24)39-17-28(34)35)30(36)31-32(37,23-6-4-5-7-26(23)40-31)21-13-20-16-38-25-10-8-18(2)12-22(25)29(20)33-15-21/h4-15,31,37H,3,16-17H2,1-2H3/t31-,32-/m1/s1. The molecule has 1 N–H and O–H groups in total. The molecule has 0 aliphatic carbocycles. The van der Waals surface area contributed by atoms with E-state index in [-0.39, 0.29) is 19.1 Å². The summed E-state index contributed by atoms with van der Waals surface area (Å²) >= 11 is 0. The molecule has 4 heterocycles. The number of pyridine rings is 1. The highest BCUT2D eigenvalue weighted by Crippen LogP contribution is 2.48. The van der Waals surface area contributed by atoms with E-state index in [2.05, 4.69) is 0 Å². The second kappa shape index (κ2) is 8.93. The van der Waals surface area contributed by atoms with Gasteiger partial charge in [-0.15, -0.1) is 0 Å². The van der Waals surface area contributed by atoms with Crippen LogP contribution in [-0.4, -0.2) is 41.0 Å². The number of para-hydroxylation sites is 1. The number of aliphatic hydroxyl groups is 1. The van der Waals surface area contributed by atoms with Crippen molar-refractivity contribution < 1.29 is 28.9 Å². The van der Waals surface area contributed by atoms with Crippen molar-refractivity contribution in [3.05, 3.63) is 101 Å². The molecule has 8 heteroatoms. The Morgan fingerprint density at radius 3 is 2.67 bits per heavy atom. The van der Waals surface area contributed by atoms with E-state index >= 15 is 0 Å². The highest BCUT2D eigenvalue weighted by atomic mass is 16.5. The van der Waals surface area contributed by atoms with Crippen molar-refractivity contribution in [2.75, 3.05) is 18.1 Å². The first-order chi connectivity index (χ1) is 19.4. The van der Waals surface area contributed by atoms with E-state index < -0.39 is 17.5 Å². The largest absolute Gasteiger partial charge is 0.488 e. The van der Waals surface area contributed by atoms with Crippen LogP contribution < -0.4 is 19.1 Å². The first kappa shape index (κ1) is 24.4. The van der Waals surface area contributed by atoms with Gasteiger partial charge < -0.3 is 24.2 Å². The summed E-state index contributed by atoms with van der Waals surface area (Å²) in [5.41, 5.74) is 3.49. The van der Waals surface area contributed by atoms with Crippen LogP contribution in [-0.2, 0) is 17.0 Å². The number of Topliss-reactive ketones (excluding diaryl/α,β-unsaturated/α-hetero) is 1. The number of hydrogen-bond acceptors (Lipinski definition) is 7. The summed E-state index contributed by atoms with van der Waals surface area (Å²) in [6.07, 6.45) is 0.331. The van der Waals surface area contributed by atoms with Crippen molar-refractivity contribution in [3.8, 4) is 28.5 Å². The Balaban J connectivity index is 1.32. The second-order valence-electron chi connectivity index (χ2n) is 10.3. The highest BCUT2D eigenvalue weighted by Gasteiger charge is 2.53. The van der Waals surface area contributed by atoms with Crippen LogP contribution in [0.4, 0.5) is 5.69 Å². The Bertz CT molecular complexity index is 1720. The lowest BCUT2D eigenvalue weighted by Gasteiger charge is -2.31. The third-order valence-electron chi connectivity index (χ3n) is 7.84. The molecule has 0 bridgehead atoms. The molecule has 8 nitrogen and oxygen atoms in total. The highest BCUT2D eigenvalue weighted by molar-refractivity contribution is 6.05. The van der Waals surface area contributed by atoms with Crippen LogP contribution in [0.1, 0.15) is 39.5 Å². The number of anilines is 1. The molecule has 1 amide bonds. The maximum atomic E-state index is 14.1. The van der Waals surface area contributed by atoms with Gasteiger partial charge in [0, 0.05) is 40.6 Å². The molecule has 0 saturated heterocycles. The fraction of sp³-hybridized carbons (Fsp3) is 0.219. The van der Waals surface area contributed by atoms with Gasteiger partial charge in [-0.25, -0.2) is 0 Å². The zero-order chi connectivity index (χ0) is 27.6. The van der Waals surface area contributed by atoms with E-state index in [9.17, 15) is 14.7 Å². The zero-order valence-electron chi connectivity index (χ0n) is 22.0. The van der Waals surface area contributed by atoms with Gasteiger partial charge in [0.1, 0.15) is 23.9 Å². The summed E-state index contributed by atoms with van der Waals surface area (Å²) in [6, 6.07) is 19.8. The number of hydrogen-bond donors (Lipinski definition) is 1. The summed E-state index contributed by atoms with van der Waals surface area (Å²) in [5, 5.41) is 12.4. The molecular formula is C32H26N2O6. The summed E-state index contributed by atoms with van der Waals surface area (Å²) < 4.78 is 17.7. The first-order valence-electron chi connectivity index (χ1n) is 13.2. The molecule has 2 atom stereocenters. The number of rotatable bonds is 4. The van der Waals surface area contributed by atoms with Gasteiger partial charge in [-0.1, -0.05) is 29.8 Å². The Hall–Kier alpha value is -4.69. The lowest BCUT2D eigenvalue weighted by atomic mass is 9.80. The molecule has 40 heavy (non-hydrogen) atoms. The second-order valence-corrected chi connectivity index (χ2v) is 10.3. The molecule has 3 aliphatic rings.